The van der Waals surface area contributed by atoms with Crippen LogP contribution in [0.15, 0.2) is 4.99 Å². The minimum Gasteiger partial charge on any atom is -0.481 e. The standard InChI is InChI=1S/C9H13N3O8/c10-8(11)12-3-6(17)20-9(7(18)19,1-4(13)14)2-5(15)16/h1-3H2,(H,13,14)(H,15,16)(H,18,19)(H4,10,11,12). The molecule has 0 radical (unpaired) electrons. The van der Waals surface area contributed by atoms with Gasteiger partial charge in [0.15, 0.2) is 5.96 Å². The Kier molecular flexibility index (Phi) is 5.93. The number of carboxylic acids is 3. The van der Waals surface area contributed by atoms with Gasteiger partial charge in [-0.05, 0) is 0 Å². The third-order valence-corrected chi connectivity index (χ3v) is 1.96. The van der Waals surface area contributed by atoms with Gasteiger partial charge in [0.2, 0.25) is 5.60 Å². The van der Waals surface area contributed by atoms with Gasteiger partial charge in [0.05, 0.1) is 12.8 Å². The number of hydrogen-bond acceptors (Lipinski definition) is 6. The van der Waals surface area contributed by atoms with Crippen molar-refractivity contribution in [1.29, 1.82) is 0 Å². The van der Waals surface area contributed by atoms with E-state index in [4.69, 9.17) is 26.8 Å². The second kappa shape index (κ2) is 6.92. The van der Waals surface area contributed by atoms with E-state index in [1.807, 2.05) is 0 Å². The second-order valence-electron chi connectivity index (χ2n) is 3.66. The molecule has 0 aromatic heterocycles. The first-order valence-corrected chi connectivity index (χ1v) is 5.03. The molecule has 0 heterocycles. The van der Waals surface area contributed by atoms with Crippen molar-refractivity contribution in [3.05, 3.63) is 0 Å². The van der Waals surface area contributed by atoms with Crippen molar-refractivity contribution in [3.8, 4) is 0 Å². The number of esters is 1. The first kappa shape index (κ1) is 17.2. The molecule has 0 aliphatic rings. The first-order valence-electron chi connectivity index (χ1n) is 5.03. The molecule has 0 atom stereocenters. The molecule has 0 aromatic rings. The Bertz CT molecular complexity index is 438. The van der Waals surface area contributed by atoms with E-state index in [0.717, 1.165) is 0 Å². The molecule has 0 aromatic carbocycles. The molecular formula is C9H13N3O8. The van der Waals surface area contributed by atoms with Crippen molar-refractivity contribution < 1.29 is 39.2 Å². The highest BCUT2D eigenvalue weighted by atomic mass is 16.6. The van der Waals surface area contributed by atoms with Crippen LogP contribution in [0.1, 0.15) is 12.8 Å². The highest BCUT2D eigenvalue weighted by Crippen LogP contribution is 2.22. The van der Waals surface area contributed by atoms with Crippen molar-refractivity contribution in [3.63, 3.8) is 0 Å². The molecule has 0 saturated heterocycles. The summed E-state index contributed by atoms with van der Waals surface area (Å²) in [6, 6.07) is 0. The van der Waals surface area contributed by atoms with E-state index >= 15 is 0 Å². The van der Waals surface area contributed by atoms with Crippen molar-refractivity contribution >= 4 is 29.8 Å². The van der Waals surface area contributed by atoms with Gasteiger partial charge in [-0.2, -0.15) is 0 Å². The predicted octanol–water partition coefficient (Wildman–Crippen LogP) is -2.42. The average Bonchev–Trinajstić information content (AvgIpc) is 2.23. The van der Waals surface area contributed by atoms with Gasteiger partial charge in [0, 0.05) is 0 Å². The maximum Gasteiger partial charge on any atom is 0.349 e. The molecule has 0 unspecified atom stereocenters. The number of carbonyl (C=O) groups is 4. The molecule has 0 bridgehead atoms. The van der Waals surface area contributed by atoms with E-state index in [1.54, 1.807) is 0 Å². The molecule has 0 fully saturated rings. The summed E-state index contributed by atoms with van der Waals surface area (Å²) in [5.74, 6) is -6.95. The van der Waals surface area contributed by atoms with Crippen LogP contribution in [0.25, 0.3) is 0 Å². The summed E-state index contributed by atoms with van der Waals surface area (Å²) in [5, 5.41) is 26.2. The first-order chi connectivity index (χ1) is 9.09. The fourth-order valence-electron chi connectivity index (χ4n) is 1.22. The molecule has 7 N–H and O–H groups in total. The van der Waals surface area contributed by atoms with Crippen molar-refractivity contribution in [2.75, 3.05) is 6.54 Å². The Morgan fingerprint density at radius 3 is 1.75 bits per heavy atom. The minimum atomic E-state index is -2.73. The van der Waals surface area contributed by atoms with Gasteiger partial charge >= 0.3 is 23.9 Å². The van der Waals surface area contributed by atoms with Crippen LogP contribution < -0.4 is 11.5 Å². The largest absolute Gasteiger partial charge is 0.481 e. The van der Waals surface area contributed by atoms with Crippen molar-refractivity contribution in [2.45, 2.75) is 18.4 Å². The quantitative estimate of drug-likeness (QED) is 0.182. The van der Waals surface area contributed by atoms with Crippen molar-refractivity contribution in [2.24, 2.45) is 16.5 Å². The lowest BCUT2D eigenvalue weighted by molar-refractivity contribution is -0.185. The molecule has 112 valence electrons. The summed E-state index contributed by atoms with van der Waals surface area (Å²) >= 11 is 0. The maximum absolute atomic E-state index is 11.3. The zero-order chi connectivity index (χ0) is 15.9. The van der Waals surface area contributed by atoms with E-state index in [0.29, 0.717) is 0 Å². The Balaban J connectivity index is 5.22. The van der Waals surface area contributed by atoms with Crippen LogP contribution in [0.2, 0.25) is 0 Å². The lowest BCUT2D eigenvalue weighted by Gasteiger charge is -2.25. The number of rotatable bonds is 8. The van der Waals surface area contributed by atoms with Crippen LogP contribution in [0, 0.1) is 0 Å². The minimum absolute atomic E-state index is 0.473. The molecule has 0 spiro atoms. The van der Waals surface area contributed by atoms with Crippen molar-refractivity contribution in [1.82, 2.24) is 0 Å². The number of nitrogens with zero attached hydrogens (tertiary/aromatic N) is 1. The summed E-state index contributed by atoms with van der Waals surface area (Å²) in [6.07, 6.45) is -2.44. The van der Waals surface area contributed by atoms with Gasteiger partial charge in [0.1, 0.15) is 6.54 Å². The Morgan fingerprint density at radius 2 is 1.45 bits per heavy atom. The van der Waals surface area contributed by atoms with Crippen LogP contribution in [-0.2, 0) is 23.9 Å². The maximum atomic E-state index is 11.3. The molecule has 0 rings (SSSR count). The number of hydrogen-bond donors (Lipinski definition) is 5. The van der Waals surface area contributed by atoms with Gasteiger partial charge in [-0.15, -0.1) is 0 Å². The smallest absolute Gasteiger partial charge is 0.349 e. The lowest BCUT2D eigenvalue weighted by Crippen LogP contribution is -2.47. The average molecular weight is 291 g/mol. The molecule has 0 aliphatic heterocycles. The molecule has 11 heteroatoms. The summed E-state index contributed by atoms with van der Waals surface area (Å²) < 4.78 is 4.45. The zero-order valence-electron chi connectivity index (χ0n) is 10.1. The highest BCUT2D eigenvalue weighted by Gasteiger charge is 2.47. The summed E-state index contributed by atoms with van der Waals surface area (Å²) in [6.45, 7) is -0.767. The number of carbonyl (C=O) groups excluding carboxylic acids is 1. The number of guanidine groups is 1. The Morgan fingerprint density at radius 1 is 1.00 bits per heavy atom. The van der Waals surface area contributed by atoms with Crippen LogP contribution in [-0.4, -0.2) is 57.3 Å². The van der Waals surface area contributed by atoms with Crippen LogP contribution >= 0.6 is 0 Å². The molecular weight excluding hydrogens is 278 g/mol. The number of aliphatic carboxylic acids is 3. The van der Waals surface area contributed by atoms with Gasteiger partial charge in [-0.1, -0.05) is 0 Å². The van der Waals surface area contributed by atoms with Gasteiger partial charge in [-0.25, -0.2) is 9.79 Å². The number of carboxylic acid groups (broad SMARTS) is 3. The number of ether oxygens (including phenoxy) is 1. The fraction of sp³-hybridized carbons (Fsp3) is 0.444. The lowest BCUT2D eigenvalue weighted by atomic mass is 9.95. The van der Waals surface area contributed by atoms with Gasteiger partial charge in [0.25, 0.3) is 0 Å². The fourth-order valence-corrected chi connectivity index (χ4v) is 1.22. The molecule has 20 heavy (non-hydrogen) atoms. The number of nitrogens with two attached hydrogens (primary N) is 2. The zero-order valence-corrected chi connectivity index (χ0v) is 10.1. The normalized spacial score (nSPS) is 10.4. The second-order valence-corrected chi connectivity index (χ2v) is 3.66. The van der Waals surface area contributed by atoms with E-state index in [-0.39, 0.29) is 0 Å². The van der Waals surface area contributed by atoms with E-state index in [1.165, 1.54) is 0 Å². The topological polar surface area (TPSA) is 203 Å². The van der Waals surface area contributed by atoms with Gasteiger partial charge in [-0.3, -0.25) is 14.4 Å². The van der Waals surface area contributed by atoms with Crippen LogP contribution in [0.5, 0.6) is 0 Å². The Hall–Kier alpha value is -2.85. The number of aliphatic imine (C=N–C) groups is 1. The summed E-state index contributed by atoms with van der Waals surface area (Å²) in [5.41, 5.74) is 7.15. The summed E-state index contributed by atoms with van der Waals surface area (Å²) in [7, 11) is 0. The molecule has 0 amide bonds. The van der Waals surface area contributed by atoms with Gasteiger partial charge < -0.3 is 31.5 Å². The molecule has 11 nitrogen and oxygen atoms in total. The van der Waals surface area contributed by atoms with Crippen LogP contribution in [0.4, 0.5) is 0 Å². The van der Waals surface area contributed by atoms with E-state index < -0.39 is 54.8 Å². The SMILES string of the molecule is NC(N)=NCC(=O)OC(CC(=O)O)(CC(=O)O)C(=O)O. The Labute approximate surface area is 111 Å². The van der Waals surface area contributed by atoms with E-state index in [9.17, 15) is 19.2 Å². The molecule has 0 saturated carbocycles. The summed E-state index contributed by atoms with van der Waals surface area (Å²) in [4.78, 5) is 46.9. The van der Waals surface area contributed by atoms with Crippen LogP contribution in [0.3, 0.4) is 0 Å². The highest BCUT2D eigenvalue weighted by molar-refractivity contribution is 5.91. The third-order valence-electron chi connectivity index (χ3n) is 1.96. The molecule has 0 aliphatic carbocycles. The van der Waals surface area contributed by atoms with E-state index in [2.05, 4.69) is 9.73 Å². The monoisotopic (exact) mass is 291 g/mol. The third kappa shape index (κ3) is 5.66. The predicted molar refractivity (Wildman–Crippen MR) is 61.6 cm³/mol.